The van der Waals surface area contributed by atoms with Crippen LogP contribution in [0, 0.1) is 0 Å². The molecule has 0 atom stereocenters. The van der Waals surface area contributed by atoms with Gasteiger partial charge >= 0.3 is 0 Å². The van der Waals surface area contributed by atoms with E-state index in [-0.39, 0.29) is 12.5 Å². The molecule has 0 saturated carbocycles. The Morgan fingerprint density at radius 3 is 2.94 bits per heavy atom. The van der Waals surface area contributed by atoms with Gasteiger partial charge in [0, 0.05) is 32.3 Å². The molecule has 16 heavy (non-hydrogen) atoms. The van der Waals surface area contributed by atoms with Gasteiger partial charge in [-0.05, 0) is 19.3 Å². The van der Waals surface area contributed by atoms with Crippen LogP contribution in [0.25, 0.3) is 0 Å². The Morgan fingerprint density at radius 2 is 2.25 bits per heavy atom. The van der Waals surface area contributed by atoms with Gasteiger partial charge in [0.15, 0.2) is 0 Å². The molecule has 0 aliphatic rings. The maximum atomic E-state index is 11.3. The van der Waals surface area contributed by atoms with E-state index in [0.29, 0.717) is 19.4 Å². The molecule has 0 bridgehead atoms. The zero-order chi connectivity index (χ0) is 11.6. The van der Waals surface area contributed by atoms with Crippen LogP contribution in [-0.4, -0.2) is 39.2 Å². The van der Waals surface area contributed by atoms with Gasteiger partial charge in [-0.15, -0.1) is 5.10 Å². The fourth-order valence-corrected chi connectivity index (χ4v) is 1.31. The summed E-state index contributed by atoms with van der Waals surface area (Å²) in [5.41, 5.74) is 0. The summed E-state index contributed by atoms with van der Waals surface area (Å²) in [6, 6.07) is 0. The van der Waals surface area contributed by atoms with Crippen LogP contribution >= 0.6 is 0 Å². The van der Waals surface area contributed by atoms with Gasteiger partial charge in [0.05, 0.1) is 6.20 Å². The van der Waals surface area contributed by atoms with Gasteiger partial charge in [-0.1, -0.05) is 5.21 Å². The van der Waals surface area contributed by atoms with Gasteiger partial charge in [-0.3, -0.25) is 9.48 Å². The first-order valence-corrected chi connectivity index (χ1v) is 5.54. The van der Waals surface area contributed by atoms with E-state index in [9.17, 15) is 4.79 Å². The average molecular weight is 226 g/mol. The van der Waals surface area contributed by atoms with Crippen LogP contribution in [0.2, 0.25) is 0 Å². The van der Waals surface area contributed by atoms with Crippen LogP contribution in [0.4, 0.5) is 0 Å². The molecule has 1 aromatic heterocycles. The van der Waals surface area contributed by atoms with Gasteiger partial charge in [0.25, 0.3) is 0 Å². The number of rotatable bonds is 8. The molecule has 0 aromatic carbocycles. The van der Waals surface area contributed by atoms with E-state index in [2.05, 4.69) is 15.6 Å². The Hall–Kier alpha value is -1.43. The molecule has 2 N–H and O–H groups in total. The minimum atomic E-state index is 0.0482. The van der Waals surface area contributed by atoms with Crippen molar-refractivity contribution in [3.63, 3.8) is 0 Å². The summed E-state index contributed by atoms with van der Waals surface area (Å²) < 4.78 is 1.73. The lowest BCUT2D eigenvalue weighted by molar-refractivity contribution is -0.121. The van der Waals surface area contributed by atoms with Crippen molar-refractivity contribution in [1.82, 2.24) is 20.3 Å². The maximum Gasteiger partial charge on any atom is 0.219 e. The standard InChI is InChI=1S/C10H18N4O2/c15-9-2-1-4-10(16)11-5-3-7-14-8-6-12-13-14/h6,8,15H,1-5,7,9H2,(H,11,16). The van der Waals surface area contributed by atoms with Crippen molar-refractivity contribution in [2.24, 2.45) is 0 Å². The third-order valence-electron chi connectivity index (χ3n) is 2.17. The molecule has 6 nitrogen and oxygen atoms in total. The van der Waals surface area contributed by atoms with E-state index in [0.717, 1.165) is 19.4 Å². The molecule has 0 spiro atoms. The number of carbonyl (C=O) groups is 1. The lowest BCUT2D eigenvalue weighted by Crippen LogP contribution is -2.25. The Kier molecular flexibility index (Phi) is 6.17. The van der Waals surface area contributed by atoms with Crippen LogP contribution < -0.4 is 5.32 Å². The number of unbranched alkanes of at least 4 members (excludes halogenated alkanes) is 1. The lowest BCUT2D eigenvalue weighted by atomic mass is 10.2. The van der Waals surface area contributed by atoms with E-state index < -0.39 is 0 Å². The summed E-state index contributed by atoms with van der Waals surface area (Å²) in [7, 11) is 0. The summed E-state index contributed by atoms with van der Waals surface area (Å²) in [6.07, 6.45) is 6.19. The molecule has 1 rings (SSSR count). The number of carbonyl (C=O) groups excluding carboxylic acids is 1. The van der Waals surface area contributed by atoms with Crippen LogP contribution in [0.15, 0.2) is 12.4 Å². The molecule has 90 valence electrons. The second kappa shape index (κ2) is 7.81. The predicted octanol–water partition coefficient (Wildman–Crippen LogP) is -0.0530. The van der Waals surface area contributed by atoms with Crippen LogP contribution in [0.3, 0.4) is 0 Å². The van der Waals surface area contributed by atoms with Crippen molar-refractivity contribution in [3.8, 4) is 0 Å². The molecule has 0 radical (unpaired) electrons. The SMILES string of the molecule is O=C(CCCCO)NCCCn1ccnn1. The minimum absolute atomic E-state index is 0.0482. The third-order valence-corrected chi connectivity index (χ3v) is 2.17. The van der Waals surface area contributed by atoms with Crippen molar-refractivity contribution >= 4 is 5.91 Å². The van der Waals surface area contributed by atoms with Crippen molar-refractivity contribution in [3.05, 3.63) is 12.4 Å². The van der Waals surface area contributed by atoms with E-state index in [1.54, 1.807) is 17.1 Å². The molecule has 0 aliphatic carbocycles. The number of nitrogens with zero attached hydrogens (tertiary/aromatic N) is 3. The topological polar surface area (TPSA) is 80.0 Å². The fourth-order valence-electron chi connectivity index (χ4n) is 1.31. The van der Waals surface area contributed by atoms with E-state index in [4.69, 9.17) is 5.11 Å². The van der Waals surface area contributed by atoms with Crippen LogP contribution in [-0.2, 0) is 11.3 Å². The Bertz CT molecular complexity index is 287. The van der Waals surface area contributed by atoms with Gasteiger partial charge in [-0.25, -0.2) is 0 Å². The third kappa shape index (κ3) is 5.45. The number of hydrogen-bond acceptors (Lipinski definition) is 4. The van der Waals surface area contributed by atoms with Crippen molar-refractivity contribution in [2.45, 2.75) is 32.2 Å². The number of aliphatic hydroxyl groups excluding tert-OH is 1. The number of hydrogen-bond donors (Lipinski definition) is 2. The average Bonchev–Trinajstić information content (AvgIpc) is 2.78. The molecule has 0 fully saturated rings. The number of amides is 1. The summed E-state index contributed by atoms with van der Waals surface area (Å²) in [5.74, 6) is 0.0482. The molecule has 0 saturated heterocycles. The molecule has 1 heterocycles. The van der Waals surface area contributed by atoms with Crippen molar-refractivity contribution in [2.75, 3.05) is 13.2 Å². The number of nitrogens with one attached hydrogen (secondary N) is 1. The largest absolute Gasteiger partial charge is 0.396 e. The molecule has 1 amide bonds. The van der Waals surface area contributed by atoms with E-state index >= 15 is 0 Å². The zero-order valence-corrected chi connectivity index (χ0v) is 9.30. The van der Waals surface area contributed by atoms with Gasteiger partial charge in [0.1, 0.15) is 0 Å². The monoisotopic (exact) mass is 226 g/mol. The summed E-state index contributed by atoms with van der Waals surface area (Å²) in [4.78, 5) is 11.3. The second-order valence-electron chi connectivity index (χ2n) is 3.55. The normalized spacial score (nSPS) is 10.3. The van der Waals surface area contributed by atoms with Crippen molar-refractivity contribution < 1.29 is 9.90 Å². The highest BCUT2D eigenvalue weighted by Crippen LogP contribution is 1.94. The molecule has 1 aromatic rings. The lowest BCUT2D eigenvalue weighted by Gasteiger charge is -2.04. The van der Waals surface area contributed by atoms with Crippen molar-refractivity contribution in [1.29, 1.82) is 0 Å². The molecular weight excluding hydrogens is 208 g/mol. The van der Waals surface area contributed by atoms with Crippen LogP contribution in [0.1, 0.15) is 25.7 Å². The van der Waals surface area contributed by atoms with Gasteiger partial charge in [-0.2, -0.15) is 0 Å². The van der Waals surface area contributed by atoms with Crippen LogP contribution in [0.5, 0.6) is 0 Å². The molecule has 0 aliphatic heterocycles. The first-order valence-electron chi connectivity index (χ1n) is 5.54. The zero-order valence-electron chi connectivity index (χ0n) is 9.30. The minimum Gasteiger partial charge on any atom is -0.396 e. The predicted molar refractivity (Wildman–Crippen MR) is 58.6 cm³/mol. The Balaban J connectivity index is 1.96. The second-order valence-corrected chi connectivity index (χ2v) is 3.55. The Morgan fingerprint density at radius 1 is 1.38 bits per heavy atom. The summed E-state index contributed by atoms with van der Waals surface area (Å²) in [6.45, 7) is 1.56. The van der Waals surface area contributed by atoms with E-state index in [1.807, 2.05) is 0 Å². The van der Waals surface area contributed by atoms with Gasteiger partial charge < -0.3 is 10.4 Å². The van der Waals surface area contributed by atoms with E-state index in [1.165, 1.54) is 0 Å². The Labute approximate surface area is 94.7 Å². The summed E-state index contributed by atoms with van der Waals surface area (Å²) in [5, 5.41) is 18.9. The summed E-state index contributed by atoms with van der Waals surface area (Å²) >= 11 is 0. The quantitative estimate of drug-likeness (QED) is 0.609. The van der Waals surface area contributed by atoms with Gasteiger partial charge in [0.2, 0.25) is 5.91 Å². The molecule has 6 heteroatoms. The maximum absolute atomic E-state index is 11.3. The number of aliphatic hydroxyl groups is 1. The number of aryl methyl sites for hydroxylation is 1. The molecule has 0 unspecified atom stereocenters. The first-order chi connectivity index (χ1) is 7.83. The highest BCUT2D eigenvalue weighted by molar-refractivity contribution is 5.75. The highest BCUT2D eigenvalue weighted by atomic mass is 16.2. The number of aromatic nitrogens is 3. The first kappa shape index (κ1) is 12.6. The smallest absolute Gasteiger partial charge is 0.219 e. The highest BCUT2D eigenvalue weighted by Gasteiger charge is 1.99. The fraction of sp³-hybridized carbons (Fsp3) is 0.700. The molecular formula is C10H18N4O2.